The van der Waals surface area contributed by atoms with Gasteiger partial charge in [0.05, 0.1) is 112 Å². The standard InChI is InChI=1S/C41H76O15/c1-2-3-4-5-6-7-8-9-10-11-12-13-14-15-16-17-39(43)55-36-34-53-32-30-51-28-26-49-24-22-47-20-21-48-23-25-50-27-29-52-31-33-54-35-37-56-40(44)19-18-38(42)41(45)46/h2-37H2,1H3,(H,45,46). The third-order valence-corrected chi connectivity index (χ3v) is 8.36. The van der Waals surface area contributed by atoms with E-state index in [1.807, 2.05) is 0 Å². The highest BCUT2D eigenvalue weighted by Crippen LogP contribution is 2.14. The molecule has 0 rings (SSSR count). The maximum absolute atomic E-state index is 11.9. The van der Waals surface area contributed by atoms with Gasteiger partial charge in [-0.15, -0.1) is 0 Å². The van der Waals surface area contributed by atoms with E-state index in [0.29, 0.717) is 106 Å². The Hall–Kier alpha value is -2.24. The summed E-state index contributed by atoms with van der Waals surface area (Å²) in [6.45, 7) is 9.09. The van der Waals surface area contributed by atoms with Crippen LogP contribution >= 0.6 is 0 Å². The van der Waals surface area contributed by atoms with Crippen molar-refractivity contribution in [2.75, 3.05) is 119 Å². The minimum atomic E-state index is -1.56. The molecule has 56 heavy (non-hydrogen) atoms. The zero-order chi connectivity index (χ0) is 40.8. The average Bonchev–Trinajstić information content (AvgIpc) is 3.19. The largest absolute Gasteiger partial charge is 0.476 e. The summed E-state index contributed by atoms with van der Waals surface area (Å²) in [6.07, 6.45) is 19.4. The second-order valence-electron chi connectivity index (χ2n) is 13.3. The van der Waals surface area contributed by atoms with Crippen molar-refractivity contribution in [1.82, 2.24) is 0 Å². The van der Waals surface area contributed by atoms with Gasteiger partial charge in [0.15, 0.2) is 0 Å². The molecule has 0 aliphatic heterocycles. The summed E-state index contributed by atoms with van der Waals surface area (Å²) in [6, 6.07) is 0. The van der Waals surface area contributed by atoms with Crippen molar-refractivity contribution in [3.05, 3.63) is 0 Å². The molecule has 0 amide bonds. The first kappa shape index (κ1) is 53.8. The molecule has 15 heteroatoms. The average molecular weight is 809 g/mol. The molecule has 0 aliphatic rings. The molecule has 0 spiro atoms. The van der Waals surface area contributed by atoms with Crippen LogP contribution in [-0.4, -0.2) is 148 Å². The number of carbonyl (C=O) groups is 4. The minimum absolute atomic E-state index is 0.0120. The van der Waals surface area contributed by atoms with Gasteiger partial charge in [0.2, 0.25) is 5.78 Å². The van der Waals surface area contributed by atoms with Crippen LogP contribution in [0.3, 0.4) is 0 Å². The number of rotatable bonds is 47. The van der Waals surface area contributed by atoms with Crippen LogP contribution in [0.2, 0.25) is 0 Å². The fourth-order valence-electron chi connectivity index (χ4n) is 5.18. The van der Waals surface area contributed by atoms with Crippen LogP contribution in [0, 0.1) is 0 Å². The second kappa shape index (κ2) is 45.5. The van der Waals surface area contributed by atoms with Crippen LogP contribution in [0.25, 0.3) is 0 Å². The Labute approximate surface area is 336 Å². The van der Waals surface area contributed by atoms with Crippen LogP contribution in [-0.2, 0) is 66.5 Å². The van der Waals surface area contributed by atoms with E-state index in [9.17, 15) is 19.2 Å². The molecular weight excluding hydrogens is 732 g/mol. The number of ketones is 1. The lowest BCUT2D eigenvalue weighted by Gasteiger charge is -2.09. The minimum Gasteiger partial charge on any atom is -0.476 e. The Balaban J connectivity index is 3.18. The Bertz CT molecular complexity index is 889. The first-order chi connectivity index (χ1) is 27.5. The normalized spacial score (nSPS) is 11.2. The number of unbranched alkanes of at least 4 members (excludes halogenated alkanes) is 14. The fraction of sp³-hybridized carbons (Fsp3) is 0.902. The highest BCUT2D eigenvalue weighted by molar-refractivity contribution is 6.32. The van der Waals surface area contributed by atoms with Gasteiger partial charge in [-0.1, -0.05) is 96.8 Å². The zero-order valence-corrected chi connectivity index (χ0v) is 34.6. The molecule has 0 aliphatic carbocycles. The topological polar surface area (TPSA) is 181 Å². The molecule has 0 aromatic carbocycles. The first-order valence-corrected chi connectivity index (χ1v) is 21.2. The van der Waals surface area contributed by atoms with Gasteiger partial charge < -0.3 is 52.5 Å². The van der Waals surface area contributed by atoms with Crippen LogP contribution < -0.4 is 0 Å². The van der Waals surface area contributed by atoms with E-state index >= 15 is 0 Å². The van der Waals surface area contributed by atoms with Gasteiger partial charge in [-0.2, -0.15) is 0 Å². The predicted octanol–water partition coefficient (Wildman–Crippen LogP) is 5.90. The SMILES string of the molecule is CCCCCCCCCCCCCCCCCC(=O)OCCOCCOCCOCCOCCOCCOCCOCCOCCOC(=O)CCC(=O)C(=O)O. The van der Waals surface area contributed by atoms with E-state index in [1.165, 1.54) is 83.5 Å². The molecular formula is C41H76O15. The van der Waals surface area contributed by atoms with E-state index in [1.54, 1.807) is 0 Å². The molecule has 0 atom stereocenters. The van der Waals surface area contributed by atoms with Crippen molar-refractivity contribution in [1.29, 1.82) is 0 Å². The summed E-state index contributed by atoms with van der Waals surface area (Å²) in [7, 11) is 0. The highest BCUT2D eigenvalue weighted by Gasteiger charge is 2.14. The predicted molar refractivity (Wildman–Crippen MR) is 210 cm³/mol. The number of carboxylic acids is 1. The molecule has 330 valence electrons. The van der Waals surface area contributed by atoms with E-state index in [4.69, 9.17) is 52.5 Å². The quantitative estimate of drug-likeness (QED) is 0.0436. The number of carbonyl (C=O) groups excluding carboxylic acids is 3. The van der Waals surface area contributed by atoms with Crippen molar-refractivity contribution >= 4 is 23.7 Å². The van der Waals surface area contributed by atoms with E-state index in [2.05, 4.69) is 6.92 Å². The zero-order valence-electron chi connectivity index (χ0n) is 34.6. The molecule has 0 radical (unpaired) electrons. The number of aliphatic carboxylic acids is 1. The smallest absolute Gasteiger partial charge is 0.372 e. The molecule has 1 N–H and O–H groups in total. The lowest BCUT2D eigenvalue weighted by atomic mass is 10.0. The van der Waals surface area contributed by atoms with Crippen molar-refractivity contribution < 1.29 is 71.7 Å². The van der Waals surface area contributed by atoms with Gasteiger partial charge >= 0.3 is 17.9 Å². The van der Waals surface area contributed by atoms with Crippen molar-refractivity contribution in [2.45, 2.75) is 122 Å². The maximum Gasteiger partial charge on any atom is 0.372 e. The molecule has 0 aromatic rings. The van der Waals surface area contributed by atoms with Crippen molar-refractivity contribution in [3.63, 3.8) is 0 Å². The van der Waals surface area contributed by atoms with Gasteiger partial charge in [0.1, 0.15) is 13.2 Å². The van der Waals surface area contributed by atoms with E-state index < -0.39 is 17.7 Å². The molecule has 0 unspecified atom stereocenters. The highest BCUT2D eigenvalue weighted by atomic mass is 16.6. The summed E-state index contributed by atoms with van der Waals surface area (Å²) in [5, 5.41) is 8.46. The number of esters is 2. The van der Waals surface area contributed by atoms with Crippen LogP contribution in [0.5, 0.6) is 0 Å². The number of carboxylic acid groups (broad SMARTS) is 1. The molecule has 0 fully saturated rings. The molecule has 0 heterocycles. The van der Waals surface area contributed by atoms with Crippen molar-refractivity contribution in [3.8, 4) is 0 Å². The summed E-state index contributed by atoms with van der Waals surface area (Å²) in [5.74, 6) is -3.38. The third-order valence-electron chi connectivity index (χ3n) is 8.36. The third kappa shape index (κ3) is 44.5. The summed E-state index contributed by atoms with van der Waals surface area (Å²) in [4.78, 5) is 44.6. The van der Waals surface area contributed by atoms with Gasteiger partial charge in [0.25, 0.3) is 0 Å². The first-order valence-electron chi connectivity index (χ1n) is 21.2. The monoisotopic (exact) mass is 809 g/mol. The molecule has 0 aromatic heterocycles. The van der Waals surface area contributed by atoms with Gasteiger partial charge in [-0.3, -0.25) is 14.4 Å². The summed E-state index contributed by atoms with van der Waals surface area (Å²) >= 11 is 0. The number of Topliss-reactive ketones (excluding diaryl/α,β-unsaturated/α-hetero) is 1. The van der Waals surface area contributed by atoms with Gasteiger partial charge in [-0.25, -0.2) is 4.79 Å². The van der Waals surface area contributed by atoms with Crippen LogP contribution in [0.4, 0.5) is 0 Å². The van der Waals surface area contributed by atoms with Crippen LogP contribution in [0.15, 0.2) is 0 Å². The Morgan fingerprint density at radius 1 is 0.321 bits per heavy atom. The van der Waals surface area contributed by atoms with E-state index in [0.717, 1.165) is 12.8 Å². The van der Waals surface area contributed by atoms with Gasteiger partial charge in [0, 0.05) is 12.8 Å². The molecule has 15 nitrogen and oxygen atoms in total. The maximum atomic E-state index is 11.9. The lowest BCUT2D eigenvalue weighted by Crippen LogP contribution is -2.17. The van der Waals surface area contributed by atoms with E-state index in [-0.39, 0.29) is 38.6 Å². The molecule has 0 saturated heterocycles. The summed E-state index contributed by atoms with van der Waals surface area (Å²) in [5.41, 5.74) is 0. The lowest BCUT2D eigenvalue weighted by molar-refractivity contribution is -0.151. The molecule has 0 saturated carbocycles. The number of ether oxygens (including phenoxy) is 10. The second-order valence-corrected chi connectivity index (χ2v) is 13.3. The van der Waals surface area contributed by atoms with Crippen LogP contribution in [0.1, 0.15) is 122 Å². The fourth-order valence-corrected chi connectivity index (χ4v) is 5.18. The Kier molecular flexibility index (Phi) is 43.6. The number of hydrogen-bond acceptors (Lipinski definition) is 14. The Morgan fingerprint density at radius 2 is 0.571 bits per heavy atom. The van der Waals surface area contributed by atoms with Crippen molar-refractivity contribution in [2.24, 2.45) is 0 Å². The number of hydrogen-bond donors (Lipinski definition) is 1. The van der Waals surface area contributed by atoms with Gasteiger partial charge in [-0.05, 0) is 6.42 Å². The summed E-state index contributed by atoms with van der Waals surface area (Å²) < 4.78 is 53.5. The Morgan fingerprint density at radius 3 is 0.857 bits per heavy atom. The molecule has 0 bridgehead atoms.